The zero-order valence-corrected chi connectivity index (χ0v) is 14.8. The van der Waals surface area contributed by atoms with Crippen LogP contribution in [0.5, 0.6) is 5.75 Å². The molecule has 2 heterocycles. The Morgan fingerprint density at radius 2 is 1.81 bits per heavy atom. The van der Waals surface area contributed by atoms with Crippen molar-refractivity contribution < 1.29 is 9.90 Å². The molecule has 138 valence electrons. The Hall–Kier alpha value is -3.35. The highest BCUT2D eigenvalue weighted by Crippen LogP contribution is 2.21. The summed E-state index contributed by atoms with van der Waals surface area (Å²) in [5.74, 6) is 0.152. The van der Waals surface area contributed by atoms with Crippen molar-refractivity contribution in [3.05, 3.63) is 65.1 Å². The molecule has 4 rings (SSSR count). The molecule has 1 fully saturated rings. The Bertz CT molecular complexity index is 1040. The number of hydrogen-bond donors (Lipinski definition) is 1. The second-order valence-corrected chi connectivity index (χ2v) is 6.56. The molecule has 1 N–H and O–H groups in total. The fraction of sp³-hybridized carbons (Fsp3) is 0.250. The minimum atomic E-state index is -0.277. The second kappa shape index (κ2) is 7.11. The fourth-order valence-corrected chi connectivity index (χ4v) is 3.42. The van der Waals surface area contributed by atoms with E-state index in [0.717, 1.165) is 5.69 Å². The third-order valence-corrected chi connectivity index (χ3v) is 4.87. The number of phenolic OH excluding ortho intramolecular Hbond substituents is 1. The van der Waals surface area contributed by atoms with Crippen molar-refractivity contribution in [2.24, 2.45) is 0 Å². The van der Waals surface area contributed by atoms with Crippen LogP contribution in [0.4, 0.5) is 5.69 Å². The number of piperazine rings is 1. The maximum absolute atomic E-state index is 12.7. The number of anilines is 1. The highest BCUT2D eigenvalue weighted by molar-refractivity contribution is 5.80. The van der Waals surface area contributed by atoms with E-state index < -0.39 is 0 Å². The molecule has 1 aliphatic heterocycles. The zero-order valence-electron chi connectivity index (χ0n) is 14.8. The first-order chi connectivity index (χ1) is 13.1. The maximum atomic E-state index is 12.7. The molecule has 2 aromatic carbocycles. The van der Waals surface area contributed by atoms with Crippen molar-refractivity contribution in [2.75, 3.05) is 31.1 Å². The van der Waals surface area contributed by atoms with Gasteiger partial charge in [-0.1, -0.05) is 18.2 Å². The predicted molar refractivity (Wildman–Crippen MR) is 103 cm³/mol. The molecule has 0 spiro atoms. The van der Waals surface area contributed by atoms with Crippen LogP contribution in [0, 0.1) is 0 Å². The van der Waals surface area contributed by atoms with Gasteiger partial charge in [-0.15, -0.1) is 0 Å². The number of carbonyl (C=O) groups excluding carboxylic acids is 1. The molecule has 1 aliphatic rings. The van der Waals surface area contributed by atoms with Crippen LogP contribution in [0.25, 0.3) is 11.0 Å². The Morgan fingerprint density at radius 1 is 1.04 bits per heavy atom. The minimum absolute atomic E-state index is 0.00793. The maximum Gasteiger partial charge on any atom is 0.269 e. The van der Waals surface area contributed by atoms with E-state index >= 15 is 0 Å². The van der Waals surface area contributed by atoms with Crippen LogP contribution >= 0.6 is 0 Å². The van der Waals surface area contributed by atoms with E-state index in [-0.39, 0.29) is 23.8 Å². The highest BCUT2D eigenvalue weighted by atomic mass is 16.3. The van der Waals surface area contributed by atoms with Crippen molar-refractivity contribution in [1.29, 1.82) is 0 Å². The van der Waals surface area contributed by atoms with Crippen LogP contribution < -0.4 is 10.5 Å². The molecule has 0 unspecified atom stereocenters. The standard InChI is InChI=1S/C20H20N4O3/c25-16-5-3-4-15(12-16)22-8-10-23(11-9-22)20(27)14-24-18-7-2-1-6-17(18)21-13-19(24)26/h1-7,12-13,25H,8-11,14H2. The minimum Gasteiger partial charge on any atom is -0.508 e. The van der Waals surface area contributed by atoms with E-state index in [2.05, 4.69) is 9.88 Å². The number of hydrogen-bond acceptors (Lipinski definition) is 5. The predicted octanol–water partition coefficient (Wildman–Crippen LogP) is 1.45. The van der Waals surface area contributed by atoms with Crippen LogP contribution in [-0.4, -0.2) is 51.6 Å². The lowest BCUT2D eigenvalue weighted by molar-refractivity contribution is -0.132. The van der Waals surface area contributed by atoms with E-state index in [9.17, 15) is 14.7 Å². The van der Waals surface area contributed by atoms with Gasteiger partial charge in [0, 0.05) is 37.9 Å². The van der Waals surface area contributed by atoms with Gasteiger partial charge in [-0.25, -0.2) is 4.98 Å². The van der Waals surface area contributed by atoms with Crippen LogP contribution in [0.15, 0.2) is 59.5 Å². The number of benzene rings is 2. The van der Waals surface area contributed by atoms with Crippen molar-refractivity contribution >= 4 is 22.6 Å². The first-order valence-corrected chi connectivity index (χ1v) is 8.88. The third kappa shape index (κ3) is 3.48. The van der Waals surface area contributed by atoms with Gasteiger partial charge in [-0.2, -0.15) is 0 Å². The van der Waals surface area contributed by atoms with E-state index in [1.165, 1.54) is 10.8 Å². The molecular weight excluding hydrogens is 344 g/mol. The Kier molecular flexibility index (Phi) is 4.50. The van der Waals surface area contributed by atoms with Crippen molar-refractivity contribution in [2.45, 2.75) is 6.54 Å². The van der Waals surface area contributed by atoms with Crippen LogP contribution in [0.1, 0.15) is 0 Å². The molecule has 0 atom stereocenters. The molecule has 1 amide bonds. The zero-order chi connectivity index (χ0) is 18.8. The van der Waals surface area contributed by atoms with Crippen molar-refractivity contribution in [3.63, 3.8) is 0 Å². The smallest absolute Gasteiger partial charge is 0.269 e. The van der Waals surface area contributed by atoms with Gasteiger partial charge >= 0.3 is 0 Å². The first-order valence-electron chi connectivity index (χ1n) is 8.88. The van der Waals surface area contributed by atoms with Crippen LogP contribution in [-0.2, 0) is 11.3 Å². The lowest BCUT2D eigenvalue weighted by Gasteiger charge is -2.36. The summed E-state index contributed by atoms with van der Waals surface area (Å²) >= 11 is 0. The molecule has 1 saturated heterocycles. The Morgan fingerprint density at radius 3 is 2.59 bits per heavy atom. The number of amides is 1. The number of rotatable bonds is 3. The first kappa shape index (κ1) is 17.1. The van der Waals surface area contributed by atoms with E-state index in [4.69, 9.17) is 0 Å². The van der Waals surface area contributed by atoms with Crippen molar-refractivity contribution in [1.82, 2.24) is 14.5 Å². The summed E-state index contributed by atoms with van der Waals surface area (Å²) < 4.78 is 1.48. The SMILES string of the molecule is O=C(Cn1c(=O)cnc2ccccc21)N1CCN(c2cccc(O)c2)CC1. The van der Waals surface area contributed by atoms with Gasteiger partial charge in [-0.05, 0) is 24.3 Å². The number of carbonyl (C=O) groups is 1. The number of para-hydroxylation sites is 2. The Balaban J connectivity index is 1.46. The van der Waals surface area contributed by atoms with Crippen molar-refractivity contribution in [3.8, 4) is 5.75 Å². The average Bonchev–Trinajstić information content (AvgIpc) is 2.70. The van der Waals surface area contributed by atoms with E-state index in [1.54, 1.807) is 23.1 Å². The Labute approximate surface area is 156 Å². The monoisotopic (exact) mass is 364 g/mol. The van der Waals surface area contributed by atoms with Gasteiger partial charge < -0.3 is 14.9 Å². The summed E-state index contributed by atoms with van der Waals surface area (Å²) in [7, 11) is 0. The quantitative estimate of drug-likeness (QED) is 0.761. The number of aromatic hydroxyl groups is 1. The molecule has 3 aromatic rings. The molecular formula is C20H20N4O3. The van der Waals surface area contributed by atoms with Gasteiger partial charge in [0.1, 0.15) is 12.3 Å². The molecule has 0 saturated carbocycles. The lowest BCUT2D eigenvalue weighted by atomic mass is 10.2. The normalized spacial score (nSPS) is 14.5. The molecule has 27 heavy (non-hydrogen) atoms. The van der Waals surface area contributed by atoms with Gasteiger partial charge in [0.25, 0.3) is 5.56 Å². The third-order valence-electron chi connectivity index (χ3n) is 4.87. The van der Waals surface area contributed by atoms with Crippen LogP contribution in [0.2, 0.25) is 0 Å². The lowest BCUT2D eigenvalue weighted by Crippen LogP contribution is -2.50. The van der Waals surface area contributed by atoms with E-state index in [0.29, 0.717) is 37.2 Å². The summed E-state index contributed by atoms with van der Waals surface area (Å²) in [5.41, 5.74) is 2.02. The number of nitrogens with zero attached hydrogens (tertiary/aromatic N) is 4. The molecule has 0 aliphatic carbocycles. The molecule has 7 nitrogen and oxygen atoms in total. The summed E-state index contributed by atoms with van der Waals surface area (Å²) in [6.45, 7) is 2.52. The van der Waals surface area contributed by atoms with Gasteiger partial charge in [0.2, 0.25) is 5.91 Å². The topological polar surface area (TPSA) is 78.7 Å². The molecule has 1 aromatic heterocycles. The largest absolute Gasteiger partial charge is 0.508 e. The van der Waals surface area contributed by atoms with Gasteiger partial charge in [0.05, 0.1) is 17.2 Å². The van der Waals surface area contributed by atoms with Gasteiger partial charge in [0.15, 0.2) is 0 Å². The summed E-state index contributed by atoms with van der Waals surface area (Å²) in [6.07, 6.45) is 1.26. The second-order valence-electron chi connectivity index (χ2n) is 6.56. The van der Waals surface area contributed by atoms with Gasteiger partial charge in [-0.3, -0.25) is 14.2 Å². The molecule has 7 heteroatoms. The molecule has 0 radical (unpaired) electrons. The number of aromatic nitrogens is 2. The fourth-order valence-electron chi connectivity index (χ4n) is 3.42. The average molecular weight is 364 g/mol. The van der Waals surface area contributed by atoms with E-state index in [1.807, 2.05) is 30.3 Å². The summed E-state index contributed by atoms with van der Waals surface area (Å²) in [5, 5.41) is 9.63. The number of phenols is 1. The highest BCUT2D eigenvalue weighted by Gasteiger charge is 2.22. The molecule has 0 bridgehead atoms. The van der Waals surface area contributed by atoms with Crippen LogP contribution in [0.3, 0.4) is 0 Å². The summed E-state index contributed by atoms with van der Waals surface area (Å²) in [4.78, 5) is 33.0. The summed E-state index contributed by atoms with van der Waals surface area (Å²) in [6, 6.07) is 14.4. The number of fused-ring (bicyclic) bond motifs is 1.